The Hall–Kier alpha value is -1.15. The fourth-order valence-electron chi connectivity index (χ4n) is 3.00. The molecule has 2 aliphatic carbocycles. The van der Waals surface area contributed by atoms with Gasteiger partial charge in [-0.1, -0.05) is 23.3 Å². The molecule has 0 aromatic rings. The first kappa shape index (κ1) is 11.3. The molecule has 0 radical (unpaired) electrons. The van der Waals surface area contributed by atoms with Crippen LogP contribution >= 0.6 is 0 Å². The number of hydrogen-bond donors (Lipinski definition) is 1. The van der Waals surface area contributed by atoms with Gasteiger partial charge in [-0.05, 0) is 32.8 Å². The minimum atomic E-state index is -0.844. The van der Waals surface area contributed by atoms with Crippen molar-refractivity contribution >= 4 is 5.78 Å². The summed E-state index contributed by atoms with van der Waals surface area (Å²) >= 11 is 0. The molecule has 3 unspecified atom stereocenters. The molecular formula is C14H18O2. The predicted molar refractivity (Wildman–Crippen MR) is 63.9 cm³/mol. The third-order valence-corrected chi connectivity index (χ3v) is 3.84. The second-order valence-electron chi connectivity index (χ2n) is 5.00. The number of carbonyl (C=O) groups excluding carboxylic acids is 1. The standard InChI is InChI=1S/C14H18O2/c1-4-5-14(16)8-10(3)11-7-12(14)9(2)6-13(11)15/h4,6,8,11-12,16H,1,5,7H2,2-3H3. The maximum Gasteiger partial charge on any atom is 0.162 e. The summed E-state index contributed by atoms with van der Waals surface area (Å²) in [4.78, 5) is 11.8. The Morgan fingerprint density at radius 2 is 2.25 bits per heavy atom. The van der Waals surface area contributed by atoms with Gasteiger partial charge in [-0.25, -0.2) is 0 Å². The van der Waals surface area contributed by atoms with Crippen molar-refractivity contribution in [3.63, 3.8) is 0 Å². The van der Waals surface area contributed by atoms with Gasteiger partial charge in [0, 0.05) is 11.8 Å². The number of hydrogen-bond acceptors (Lipinski definition) is 2. The molecule has 3 atom stereocenters. The number of aliphatic hydroxyl groups is 1. The lowest BCUT2D eigenvalue weighted by Crippen LogP contribution is -2.44. The molecule has 0 saturated heterocycles. The summed E-state index contributed by atoms with van der Waals surface area (Å²) in [6.45, 7) is 7.56. The molecular weight excluding hydrogens is 200 g/mol. The first-order valence-corrected chi connectivity index (χ1v) is 5.72. The van der Waals surface area contributed by atoms with E-state index in [1.807, 2.05) is 19.9 Å². The van der Waals surface area contributed by atoms with Gasteiger partial charge in [0.2, 0.25) is 0 Å². The monoisotopic (exact) mass is 218 g/mol. The van der Waals surface area contributed by atoms with Crippen LogP contribution in [0.2, 0.25) is 0 Å². The fraction of sp³-hybridized carbons (Fsp3) is 0.500. The van der Waals surface area contributed by atoms with E-state index in [-0.39, 0.29) is 17.6 Å². The number of fused-ring (bicyclic) bond motifs is 2. The van der Waals surface area contributed by atoms with E-state index in [2.05, 4.69) is 6.58 Å². The molecule has 16 heavy (non-hydrogen) atoms. The summed E-state index contributed by atoms with van der Waals surface area (Å²) in [6.07, 6.45) is 6.59. The Labute approximate surface area is 96.4 Å². The Morgan fingerprint density at radius 1 is 1.56 bits per heavy atom. The molecule has 2 aliphatic rings. The molecule has 0 aromatic carbocycles. The van der Waals surface area contributed by atoms with Gasteiger partial charge in [0.1, 0.15) is 0 Å². The molecule has 2 bridgehead atoms. The van der Waals surface area contributed by atoms with E-state index in [0.717, 1.165) is 17.6 Å². The van der Waals surface area contributed by atoms with Crippen LogP contribution in [0.3, 0.4) is 0 Å². The summed E-state index contributed by atoms with van der Waals surface area (Å²) in [5.74, 6) is 0.235. The highest BCUT2D eigenvalue weighted by atomic mass is 16.3. The van der Waals surface area contributed by atoms with Gasteiger partial charge in [-0.15, -0.1) is 6.58 Å². The molecule has 2 heteroatoms. The van der Waals surface area contributed by atoms with Crippen molar-refractivity contribution in [1.29, 1.82) is 0 Å². The molecule has 0 saturated carbocycles. The molecule has 0 amide bonds. The third kappa shape index (κ3) is 1.57. The molecule has 0 aliphatic heterocycles. The van der Waals surface area contributed by atoms with Crippen molar-refractivity contribution in [2.24, 2.45) is 11.8 Å². The summed E-state index contributed by atoms with van der Waals surface area (Å²) in [5, 5.41) is 10.6. The van der Waals surface area contributed by atoms with Gasteiger partial charge in [0.15, 0.2) is 5.78 Å². The average Bonchev–Trinajstić information content (AvgIpc) is 2.16. The van der Waals surface area contributed by atoms with Gasteiger partial charge in [-0.2, -0.15) is 0 Å². The van der Waals surface area contributed by atoms with Crippen LogP contribution in [0.25, 0.3) is 0 Å². The van der Waals surface area contributed by atoms with E-state index in [1.54, 1.807) is 12.2 Å². The number of ketones is 1. The van der Waals surface area contributed by atoms with Crippen LogP contribution < -0.4 is 0 Å². The SMILES string of the molecule is C=CCC1(O)C=C(C)C2CC1C(C)=CC2=O. The third-order valence-electron chi connectivity index (χ3n) is 3.84. The lowest BCUT2D eigenvalue weighted by atomic mass is 9.64. The van der Waals surface area contributed by atoms with Crippen LogP contribution in [-0.2, 0) is 4.79 Å². The lowest BCUT2D eigenvalue weighted by Gasteiger charge is -2.43. The van der Waals surface area contributed by atoms with Crippen LogP contribution in [0, 0.1) is 11.8 Å². The van der Waals surface area contributed by atoms with Crippen molar-refractivity contribution in [1.82, 2.24) is 0 Å². The zero-order valence-corrected chi connectivity index (χ0v) is 9.86. The van der Waals surface area contributed by atoms with E-state index in [0.29, 0.717) is 6.42 Å². The van der Waals surface area contributed by atoms with Gasteiger partial charge >= 0.3 is 0 Å². The summed E-state index contributed by atoms with van der Waals surface area (Å²) in [6, 6.07) is 0. The molecule has 0 aromatic heterocycles. The van der Waals surface area contributed by atoms with Crippen molar-refractivity contribution in [3.05, 3.63) is 36.0 Å². The van der Waals surface area contributed by atoms with Gasteiger partial charge in [0.05, 0.1) is 5.60 Å². The Bertz CT molecular complexity index is 403. The van der Waals surface area contributed by atoms with Crippen LogP contribution in [0.4, 0.5) is 0 Å². The lowest BCUT2D eigenvalue weighted by molar-refractivity contribution is -0.119. The highest BCUT2D eigenvalue weighted by molar-refractivity contribution is 5.95. The highest BCUT2D eigenvalue weighted by Gasteiger charge is 2.44. The Balaban J connectivity index is 2.46. The van der Waals surface area contributed by atoms with E-state index >= 15 is 0 Å². The zero-order valence-electron chi connectivity index (χ0n) is 9.86. The number of rotatable bonds is 2. The maximum absolute atomic E-state index is 11.8. The van der Waals surface area contributed by atoms with Gasteiger partial charge < -0.3 is 5.11 Å². The smallest absolute Gasteiger partial charge is 0.162 e. The molecule has 2 rings (SSSR count). The van der Waals surface area contributed by atoms with Gasteiger partial charge in [0.25, 0.3) is 0 Å². The van der Waals surface area contributed by atoms with E-state index in [9.17, 15) is 9.90 Å². The molecule has 2 nitrogen and oxygen atoms in total. The molecule has 0 heterocycles. The van der Waals surface area contributed by atoms with Crippen molar-refractivity contribution in [2.75, 3.05) is 0 Å². The number of carbonyl (C=O) groups is 1. The minimum absolute atomic E-state index is 0.0150. The Morgan fingerprint density at radius 3 is 2.88 bits per heavy atom. The quantitative estimate of drug-likeness (QED) is 0.723. The molecule has 0 fully saturated rings. The topological polar surface area (TPSA) is 37.3 Å². The average molecular weight is 218 g/mol. The fourth-order valence-corrected chi connectivity index (χ4v) is 3.00. The first-order chi connectivity index (χ1) is 7.48. The van der Waals surface area contributed by atoms with Crippen LogP contribution in [0.1, 0.15) is 26.7 Å². The first-order valence-electron chi connectivity index (χ1n) is 5.72. The second-order valence-corrected chi connectivity index (χ2v) is 5.00. The zero-order chi connectivity index (χ0) is 11.9. The summed E-state index contributed by atoms with van der Waals surface area (Å²) in [7, 11) is 0. The minimum Gasteiger partial charge on any atom is -0.385 e. The normalized spacial score (nSPS) is 37.8. The van der Waals surface area contributed by atoms with E-state index < -0.39 is 5.60 Å². The van der Waals surface area contributed by atoms with Crippen molar-refractivity contribution in [2.45, 2.75) is 32.3 Å². The second kappa shape index (κ2) is 3.70. The van der Waals surface area contributed by atoms with E-state index in [4.69, 9.17) is 0 Å². The van der Waals surface area contributed by atoms with Crippen LogP contribution in [0.15, 0.2) is 36.0 Å². The maximum atomic E-state index is 11.8. The predicted octanol–water partition coefficient (Wildman–Crippen LogP) is 2.41. The number of allylic oxidation sites excluding steroid dienone is 2. The van der Waals surface area contributed by atoms with Crippen molar-refractivity contribution < 1.29 is 9.90 Å². The molecule has 1 N–H and O–H groups in total. The summed E-state index contributed by atoms with van der Waals surface area (Å²) in [5.41, 5.74) is 1.15. The molecule has 86 valence electrons. The highest BCUT2D eigenvalue weighted by Crippen LogP contribution is 2.44. The van der Waals surface area contributed by atoms with E-state index in [1.165, 1.54) is 0 Å². The molecule has 0 spiro atoms. The summed E-state index contributed by atoms with van der Waals surface area (Å²) < 4.78 is 0. The van der Waals surface area contributed by atoms with Crippen LogP contribution in [0.5, 0.6) is 0 Å². The van der Waals surface area contributed by atoms with Gasteiger partial charge in [-0.3, -0.25) is 4.79 Å². The van der Waals surface area contributed by atoms with Crippen LogP contribution in [-0.4, -0.2) is 16.5 Å². The largest absolute Gasteiger partial charge is 0.385 e. The van der Waals surface area contributed by atoms with Crippen molar-refractivity contribution in [3.8, 4) is 0 Å². The Kier molecular flexibility index (Phi) is 2.62.